The number of ether oxygens (including phenoxy) is 1. The van der Waals surface area contributed by atoms with Crippen LogP contribution in [-0.4, -0.2) is 77.7 Å². The van der Waals surface area contributed by atoms with Crippen LogP contribution in [0.4, 0.5) is 0 Å². The second-order valence-electron chi connectivity index (χ2n) is 11.6. The number of carbonyl (C=O) groups excluding carboxylic acids is 4. The summed E-state index contributed by atoms with van der Waals surface area (Å²) in [5.41, 5.74) is 0.930. The first-order valence-electron chi connectivity index (χ1n) is 14.2. The summed E-state index contributed by atoms with van der Waals surface area (Å²) in [5, 5.41) is 6.23. The molecule has 1 aromatic carbocycles. The van der Waals surface area contributed by atoms with Gasteiger partial charge >= 0.3 is 0 Å². The van der Waals surface area contributed by atoms with E-state index in [4.69, 9.17) is 4.74 Å². The molecule has 1 aromatic rings. The standard InChI is InChI=1S/C29H40N4O5/c1-18(2)27(35)31-26(19-8-4-3-5-9-19)29(37)33-15-20-14-21(34)16-32(20)17-24(33)28(36)30-23-12-13-38-25-11-7-6-10-22(23)25/h6-7,10-11,18-20,23-24,26H,3-5,8-9,12-17H2,1-2H3,(H,30,36)(H,31,35)/t20-,23-,24+,26+/m1/s1. The third-order valence-electron chi connectivity index (χ3n) is 8.62. The summed E-state index contributed by atoms with van der Waals surface area (Å²) in [4.78, 5) is 56.9. The predicted molar refractivity (Wildman–Crippen MR) is 141 cm³/mol. The minimum Gasteiger partial charge on any atom is -0.493 e. The Bertz CT molecular complexity index is 1070. The van der Waals surface area contributed by atoms with Crippen LogP contribution >= 0.6 is 0 Å². The van der Waals surface area contributed by atoms with Gasteiger partial charge in [-0.2, -0.15) is 0 Å². The van der Waals surface area contributed by atoms with Crippen molar-refractivity contribution in [1.29, 1.82) is 0 Å². The van der Waals surface area contributed by atoms with Crippen molar-refractivity contribution in [2.45, 2.75) is 83.0 Å². The number of hydrogen-bond donors (Lipinski definition) is 2. The monoisotopic (exact) mass is 524 g/mol. The number of benzene rings is 1. The SMILES string of the molecule is CC(C)C(=O)N[C@H](C(=O)N1C[C@H]2CC(=O)CN2C[C@H]1C(=O)N[C@@H]1CCOc2ccccc21)C1CCCCC1. The fourth-order valence-corrected chi connectivity index (χ4v) is 6.46. The van der Waals surface area contributed by atoms with Gasteiger partial charge in [-0.05, 0) is 24.8 Å². The zero-order chi connectivity index (χ0) is 26.8. The van der Waals surface area contributed by atoms with Crippen molar-refractivity contribution in [2.75, 3.05) is 26.2 Å². The number of rotatable bonds is 6. The van der Waals surface area contributed by atoms with Crippen LogP contribution in [0.3, 0.4) is 0 Å². The second-order valence-corrected chi connectivity index (χ2v) is 11.6. The fraction of sp³-hybridized carbons (Fsp3) is 0.655. The van der Waals surface area contributed by atoms with Gasteiger partial charge in [0.25, 0.3) is 0 Å². The van der Waals surface area contributed by atoms with Crippen molar-refractivity contribution in [3.05, 3.63) is 29.8 Å². The van der Waals surface area contributed by atoms with Crippen molar-refractivity contribution in [3.63, 3.8) is 0 Å². The normalized spacial score (nSPS) is 26.8. The number of ketones is 1. The molecule has 0 aromatic heterocycles. The highest BCUT2D eigenvalue weighted by Crippen LogP contribution is 2.33. The average molecular weight is 525 g/mol. The summed E-state index contributed by atoms with van der Waals surface area (Å²) in [5.74, 6) is 0.133. The third-order valence-corrected chi connectivity index (χ3v) is 8.62. The number of carbonyl (C=O) groups is 4. The summed E-state index contributed by atoms with van der Waals surface area (Å²) < 4.78 is 5.76. The van der Waals surface area contributed by atoms with Gasteiger partial charge in [0.1, 0.15) is 23.6 Å². The van der Waals surface area contributed by atoms with Crippen LogP contribution in [0.5, 0.6) is 5.75 Å². The van der Waals surface area contributed by atoms with E-state index in [2.05, 4.69) is 10.6 Å². The van der Waals surface area contributed by atoms with Crippen LogP contribution in [0.15, 0.2) is 24.3 Å². The number of nitrogens with one attached hydrogen (secondary N) is 2. The second kappa shape index (κ2) is 11.4. The van der Waals surface area contributed by atoms with E-state index < -0.39 is 12.1 Å². The van der Waals surface area contributed by atoms with Gasteiger partial charge in [0, 0.05) is 43.5 Å². The molecule has 3 heterocycles. The number of nitrogens with zero attached hydrogens (tertiary/aromatic N) is 2. The number of hydrogen-bond acceptors (Lipinski definition) is 6. The lowest BCUT2D eigenvalue weighted by atomic mass is 9.82. The Balaban J connectivity index is 1.40. The molecular formula is C29H40N4O5. The first-order chi connectivity index (χ1) is 18.3. The number of amides is 3. The van der Waals surface area contributed by atoms with Crippen molar-refractivity contribution in [3.8, 4) is 5.75 Å². The van der Waals surface area contributed by atoms with Crippen LogP contribution in [0.1, 0.15) is 70.4 Å². The molecule has 3 amide bonds. The summed E-state index contributed by atoms with van der Waals surface area (Å²) in [6.45, 7) is 5.09. The molecule has 9 nitrogen and oxygen atoms in total. The first-order valence-corrected chi connectivity index (χ1v) is 14.2. The summed E-state index contributed by atoms with van der Waals surface area (Å²) in [7, 11) is 0. The van der Waals surface area contributed by atoms with Crippen LogP contribution < -0.4 is 15.4 Å². The average Bonchev–Trinajstić information content (AvgIpc) is 3.30. The van der Waals surface area contributed by atoms with Gasteiger partial charge in [-0.25, -0.2) is 0 Å². The van der Waals surface area contributed by atoms with Crippen molar-refractivity contribution in [1.82, 2.24) is 20.4 Å². The van der Waals surface area contributed by atoms with E-state index in [9.17, 15) is 19.2 Å². The topological polar surface area (TPSA) is 108 Å². The van der Waals surface area contributed by atoms with Crippen LogP contribution in [0.2, 0.25) is 0 Å². The van der Waals surface area contributed by atoms with Crippen molar-refractivity contribution in [2.24, 2.45) is 11.8 Å². The van der Waals surface area contributed by atoms with E-state index in [1.54, 1.807) is 4.90 Å². The first kappa shape index (κ1) is 26.7. The minimum atomic E-state index is -0.735. The largest absolute Gasteiger partial charge is 0.493 e. The zero-order valence-electron chi connectivity index (χ0n) is 22.5. The van der Waals surface area contributed by atoms with Crippen LogP contribution in [0.25, 0.3) is 0 Å². The Hall–Kier alpha value is -2.94. The van der Waals surface area contributed by atoms with Crippen molar-refractivity contribution < 1.29 is 23.9 Å². The van der Waals surface area contributed by atoms with Gasteiger partial charge in [-0.1, -0.05) is 51.3 Å². The number of para-hydroxylation sites is 1. The lowest BCUT2D eigenvalue weighted by molar-refractivity contribution is -0.149. The van der Waals surface area contributed by atoms with E-state index in [0.717, 1.165) is 43.4 Å². The molecule has 1 aliphatic carbocycles. The Labute approximate surface area is 224 Å². The van der Waals surface area contributed by atoms with Crippen LogP contribution in [0, 0.1) is 11.8 Å². The van der Waals surface area contributed by atoms with Gasteiger partial charge in [0.05, 0.1) is 19.2 Å². The molecule has 0 spiro atoms. The molecule has 1 saturated carbocycles. The maximum Gasteiger partial charge on any atom is 0.246 e. The highest BCUT2D eigenvalue weighted by molar-refractivity contribution is 5.93. The number of fused-ring (bicyclic) bond motifs is 2. The third kappa shape index (κ3) is 5.58. The Kier molecular flexibility index (Phi) is 8.02. The summed E-state index contributed by atoms with van der Waals surface area (Å²) in [6.07, 6.45) is 5.99. The molecule has 0 radical (unpaired) electrons. The van der Waals surface area contributed by atoms with Gasteiger partial charge in [-0.15, -0.1) is 0 Å². The maximum absolute atomic E-state index is 14.2. The summed E-state index contributed by atoms with van der Waals surface area (Å²) in [6, 6.07) is 6.00. The van der Waals surface area contributed by atoms with Gasteiger partial charge in [-0.3, -0.25) is 24.1 Å². The van der Waals surface area contributed by atoms with E-state index >= 15 is 0 Å². The minimum absolute atomic E-state index is 0.0493. The van der Waals surface area contributed by atoms with E-state index in [-0.39, 0.29) is 47.4 Å². The molecule has 5 rings (SSSR count). The van der Waals surface area contributed by atoms with Crippen LogP contribution in [-0.2, 0) is 19.2 Å². The molecule has 0 bridgehead atoms. The van der Waals surface area contributed by atoms with Gasteiger partial charge < -0.3 is 20.3 Å². The Morgan fingerprint density at radius 1 is 1.03 bits per heavy atom. The molecule has 3 fully saturated rings. The highest BCUT2D eigenvalue weighted by Gasteiger charge is 2.47. The molecule has 38 heavy (non-hydrogen) atoms. The highest BCUT2D eigenvalue weighted by atomic mass is 16.5. The Morgan fingerprint density at radius 3 is 2.55 bits per heavy atom. The molecule has 3 aliphatic heterocycles. The van der Waals surface area contributed by atoms with E-state index in [0.29, 0.717) is 39.1 Å². The molecule has 2 N–H and O–H groups in total. The Morgan fingerprint density at radius 2 is 1.79 bits per heavy atom. The lowest BCUT2D eigenvalue weighted by Gasteiger charge is -2.45. The molecule has 4 atom stereocenters. The fourth-order valence-electron chi connectivity index (χ4n) is 6.46. The predicted octanol–water partition coefficient (Wildman–Crippen LogP) is 2.20. The number of piperazine rings is 1. The van der Waals surface area contributed by atoms with Crippen molar-refractivity contribution >= 4 is 23.5 Å². The molecule has 4 aliphatic rings. The smallest absolute Gasteiger partial charge is 0.246 e. The maximum atomic E-state index is 14.2. The van der Waals surface area contributed by atoms with E-state index in [1.165, 1.54) is 0 Å². The molecule has 9 heteroatoms. The van der Waals surface area contributed by atoms with Gasteiger partial charge in [0.2, 0.25) is 17.7 Å². The lowest BCUT2D eigenvalue weighted by Crippen LogP contribution is -2.66. The number of Topliss-reactive ketones (excluding diaryl/α,β-unsaturated/α-hetero) is 1. The zero-order valence-corrected chi connectivity index (χ0v) is 22.5. The molecular weight excluding hydrogens is 484 g/mol. The summed E-state index contributed by atoms with van der Waals surface area (Å²) >= 11 is 0. The quantitative estimate of drug-likeness (QED) is 0.591. The molecule has 206 valence electrons. The van der Waals surface area contributed by atoms with Gasteiger partial charge in [0.15, 0.2) is 0 Å². The molecule has 2 saturated heterocycles. The molecule has 0 unspecified atom stereocenters. The van der Waals surface area contributed by atoms with E-state index in [1.807, 2.05) is 43.0 Å².